The highest BCUT2D eigenvalue weighted by atomic mass is 32.2. The Labute approximate surface area is 105 Å². The van der Waals surface area contributed by atoms with E-state index in [0.717, 1.165) is 22.9 Å². The average Bonchev–Trinajstić information content (AvgIpc) is 2.77. The highest BCUT2D eigenvalue weighted by Crippen LogP contribution is 2.30. The van der Waals surface area contributed by atoms with Crippen molar-refractivity contribution in [2.24, 2.45) is 0 Å². The summed E-state index contributed by atoms with van der Waals surface area (Å²) in [6.45, 7) is 1.96. The van der Waals surface area contributed by atoms with Crippen molar-refractivity contribution in [3.05, 3.63) is 41.3 Å². The maximum atomic E-state index is 12.2. The summed E-state index contributed by atoms with van der Waals surface area (Å²) in [6, 6.07) is 7.68. The number of aromatic nitrogens is 2. The molecule has 0 radical (unpaired) electrons. The van der Waals surface area contributed by atoms with Gasteiger partial charge in [0.25, 0.3) is 5.22 Å². The number of halogens is 3. The summed E-state index contributed by atoms with van der Waals surface area (Å²) < 4.78 is 41.1. The van der Waals surface area contributed by atoms with Crippen LogP contribution in [-0.2, 0) is 11.9 Å². The third kappa shape index (κ3) is 3.25. The molecule has 0 fully saturated rings. The van der Waals surface area contributed by atoms with Gasteiger partial charge in [-0.1, -0.05) is 41.6 Å². The fourth-order valence-electron chi connectivity index (χ4n) is 1.21. The van der Waals surface area contributed by atoms with Crippen molar-refractivity contribution in [1.82, 2.24) is 10.2 Å². The second-order valence-corrected chi connectivity index (χ2v) is 4.57. The number of rotatable bonds is 3. The van der Waals surface area contributed by atoms with Crippen LogP contribution in [0.5, 0.6) is 0 Å². The lowest BCUT2D eigenvalue weighted by molar-refractivity contribution is -0.158. The lowest BCUT2D eigenvalue weighted by Gasteiger charge is -1.99. The van der Waals surface area contributed by atoms with E-state index >= 15 is 0 Å². The molecule has 0 N–H and O–H groups in total. The number of thioether (sulfide) groups is 1. The zero-order valence-electron chi connectivity index (χ0n) is 9.36. The van der Waals surface area contributed by atoms with Gasteiger partial charge in [-0.15, -0.1) is 10.2 Å². The number of benzene rings is 1. The molecule has 0 amide bonds. The van der Waals surface area contributed by atoms with Crippen LogP contribution in [0.4, 0.5) is 13.2 Å². The molecule has 7 heteroatoms. The standard InChI is InChI=1S/C11H9F3N2OS/c1-7-2-4-8(5-3-7)6-18-10-16-15-9(17-10)11(12,13)14/h2-5H,6H2,1H3. The van der Waals surface area contributed by atoms with Gasteiger partial charge in [0, 0.05) is 5.75 Å². The lowest BCUT2D eigenvalue weighted by atomic mass is 10.2. The highest BCUT2D eigenvalue weighted by molar-refractivity contribution is 7.98. The van der Waals surface area contributed by atoms with Crippen LogP contribution in [0.3, 0.4) is 0 Å². The van der Waals surface area contributed by atoms with Crippen LogP contribution in [0.25, 0.3) is 0 Å². The number of hydrogen-bond donors (Lipinski definition) is 0. The quantitative estimate of drug-likeness (QED) is 0.800. The summed E-state index contributed by atoms with van der Waals surface area (Å²) in [7, 11) is 0. The van der Waals surface area contributed by atoms with Crippen LogP contribution in [0, 0.1) is 6.92 Å². The van der Waals surface area contributed by atoms with E-state index < -0.39 is 12.1 Å². The molecule has 96 valence electrons. The molecule has 0 aliphatic rings. The largest absolute Gasteiger partial charge is 0.470 e. The molecule has 0 saturated heterocycles. The maximum Gasteiger partial charge on any atom is 0.470 e. The van der Waals surface area contributed by atoms with E-state index in [-0.39, 0.29) is 5.22 Å². The minimum Gasteiger partial charge on any atom is -0.408 e. The van der Waals surface area contributed by atoms with E-state index in [1.807, 2.05) is 31.2 Å². The van der Waals surface area contributed by atoms with E-state index in [4.69, 9.17) is 0 Å². The molecule has 0 saturated carbocycles. The monoisotopic (exact) mass is 274 g/mol. The summed E-state index contributed by atoms with van der Waals surface area (Å²) >= 11 is 1.08. The van der Waals surface area contributed by atoms with E-state index in [9.17, 15) is 13.2 Å². The van der Waals surface area contributed by atoms with Gasteiger partial charge >= 0.3 is 12.1 Å². The molecule has 0 unspecified atom stereocenters. The van der Waals surface area contributed by atoms with Crippen LogP contribution in [-0.4, -0.2) is 10.2 Å². The van der Waals surface area contributed by atoms with Gasteiger partial charge in [-0.25, -0.2) is 0 Å². The molecule has 0 aliphatic heterocycles. The van der Waals surface area contributed by atoms with Crippen molar-refractivity contribution in [3.8, 4) is 0 Å². The second-order valence-electron chi connectivity index (χ2n) is 3.65. The molecular formula is C11H9F3N2OS. The first-order valence-electron chi connectivity index (χ1n) is 5.04. The SMILES string of the molecule is Cc1ccc(CSc2nnc(C(F)(F)F)o2)cc1. The molecule has 1 aromatic heterocycles. The van der Waals surface area contributed by atoms with Gasteiger partial charge < -0.3 is 4.42 Å². The first kappa shape index (κ1) is 12.9. The van der Waals surface area contributed by atoms with E-state index in [2.05, 4.69) is 14.6 Å². The minimum atomic E-state index is -4.59. The molecule has 18 heavy (non-hydrogen) atoms. The molecule has 0 aliphatic carbocycles. The first-order chi connectivity index (χ1) is 8.45. The normalized spacial score (nSPS) is 11.8. The Morgan fingerprint density at radius 1 is 1.17 bits per heavy atom. The third-order valence-corrected chi connectivity index (χ3v) is 3.02. The van der Waals surface area contributed by atoms with Gasteiger partial charge in [0.05, 0.1) is 0 Å². The van der Waals surface area contributed by atoms with Crippen LogP contribution in [0.2, 0.25) is 0 Å². The van der Waals surface area contributed by atoms with E-state index in [1.54, 1.807) is 0 Å². The van der Waals surface area contributed by atoms with Crippen molar-refractivity contribution < 1.29 is 17.6 Å². The van der Waals surface area contributed by atoms with E-state index in [0.29, 0.717) is 5.75 Å². The Kier molecular flexibility index (Phi) is 3.60. The third-order valence-electron chi connectivity index (χ3n) is 2.13. The first-order valence-corrected chi connectivity index (χ1v) is 6.03. The minimum absolute atomic E-state index is 0.0806. The van der Waals surface area contributed by atoms with Crippen LogP contribution in [0.1, 0.15) is 17.0 Å². The van der Waals surface area contributed by atoms with Gasteiger partial charge in [-0.3, -0.25) is 0 Å². The molecule has 1 heterocycles. The Hall–Kier alpha value is -1.50. The number of alkyl halides is 3. The molecule has 2 rings (SSSR count). The number of aryl methyl sites for hydroxylation is 1. The van der Waals surface area contributed by atoms with Crippen molar-refractivity contribution in [3.63, 3.8) is 0 Å². The molecular weight excluding hydrogens is 265 g/mol. The van der Waals surface area contributed by atoms with Crippen molar-refractivity contribution in [2.75, 3.05) is 0 Å². The Morgan fingerprint density at radius 2 is 1.83 bits per heavy atom. The predicted molar refractivity (Wildman–Crippen MR) is 60.0 cm³/mol. The summed E-state index contributed by atoms with van der Waals surface area (Å²) in [6.07, 6.45) is -4.59. The summed E-state index contributed by atoms with van der Waals surface area (Å²) in [5.74, 6) is -0.825. The van der Waals surface area contributed by atoms with Gasteiger partial charge in [0.15, 0.2) is 0 Å². The smallest absolute Gasteiger partial charge is 0.408 e. The van der Waals surface area contributed by atoms with Gasteiger partial charge in [0.2, 0.25) is 0 Å². The molecule has 2 aromatic rings. The van der Waals surface area contributed by atoms with Crippen molar-refractivity contribution in [1.29, 1.82) is 0 Å². The topological polar surface area (TPSA) is 38.9 Å². The molecule has 0 bridgehead atoms. The Balaban J connectivity index is 1.98. The van der Waals surface area contributed by atoms with Gasteiger partial charge in [0.1, 0.15) is 0 Å². The summed E-state index contributed by atoms with van der Waals surface area (Å²) in [4.78, 5) is 0. The molecule has 3 nitrogen and oxygen atoms in total. The number of hydrogen-bond acceptors (Lipinski definition) is 4. The van der Waals surface area contributed by atoms with Crippen LogP contribution >= 0.6 is 11.8 Å². The molecule has 0 spiro atoms. The van der Waals surface area contributed by atoms with Crippen LogP contribution < -0.4 is 0 Å². The highest BCUT2D eigenvalue weighted by Gasteiger charge is 2.38. The number of nitrogens with zero attached hydrogens (tertiary/aromatic N) is 2. The van der Waals surface area contributed by atoms with E-state index in [1.165, 1.54) is 0 Å². The zero-order valence-corrected chi connectivity index (χ0v) is 10.2. The zero-order chi connectivity index (χ0) is 13.2. The molecule has 0 atom stereocenters. The Bertz CT molecular complexity index is 522. The second kappa shape index (κ2) is 5.01. The Morgan fingerprint density at radius 3 is 2.39 bits per heavy atom. The lowest BCUT2D eigenvalue weighted by Crippen LogP contribution is -2.04. The predicted octanol–water partition coefficient (Wildman–Crippen LogP) is 3.69. The maximum absolute atomic E-state index is 12.2. The van der Waals surface area contributed by atoms with Gasteiger partial charge in [-0.05, 0) is 12.5 Å². The van der Waals surface area contributed by atoms with Gasteiger partial charge in [-0.2, -0.15) is 13.2 Å². The molecule has 1 aromatic carbocycles. The summed E-state index contributed by atoms with van der Waals surface area (Å²) in [5.41, 5.74) is 2.11. The fourth-order valence-corrected chi connectivity index (χ4v) is 1.93. The average molecular weight is 274 g/mol. The van der Waals surface area contributed by atoms with Crippen molar-refractivity contribution in [2.45, 2.75) is 24.1 Å². The van der Waals surface area contributed by atoms with Crippen molar-refractivity contribution >= 4 is 11.8 Å². The van der Waals surface area contributed by atoms with Crippen LogP contribution in [0.15, 0.2) is 33.9 Å². The fraction of sp³-hybridized carbons (Fsp3) is 0.273. The summed E-state index contributed by atoms with van der Waals surface area (Å²) in [5, 5.41) is 6.21.